The van der Waals surface area contributed by atoms with Gasteiger partial charge in [-0.05, 0) is 23.3 Å². The zero-order valence-corrected chi connectivity index (χ0v) is 13.7. The number of aliphatic hydroxyl groups is 1. The lowest BCUT2D eigenvalue weighted by molar-refractivity contribution is -0.143. The Morgan fingerprint density at radius 3 is 2.22 bits per heavy atom. The molecule has 5 nitrogen and oxygen atoms in total. The lowest BCUT2D eigenvalue weighted by Crippen LogP contribution is -2.44. The molecule has 0 saturated carbocycles. The molecule has 2 aromatic carbocycles. The summed E-state index contributed by atoms with van der Waals surface area (Å²) in [4.78, 5) is 23.4. The van der Waals surface area contributed by atoms with E-state index in [4.69, 9.17) is 0 Å². The lowest BCUT2D eigenvalue weighted by atomic mass is 10.0. The van der Waals surface area contributed by atoms with Crippen LogP contribution in [0.4, 0.5) is 0 Å². The van der Waals surface area contributed by atoms with E-state index >= 15 is 0 Å². The van der Waals surface area contributed by atoms with Crippen LogP contribution in [0.2, 0.25) is 0 Å². The normalized spacial score (nSPS) is 13.1. The highest BCUT2D eigenvalue weighted by Crippen LogP contribution is 2.14. The summed E-state index contributed by atoms with van der Waals surface area (Å²) >= 11 is 3.31. The molecule has 120 valence electrons. The van der Waals surface area contributed by atoms with Crippen molar-refractivity contribution in [1.29, 1.82) is 0 Å². The van der Waals surface area contributed by atoms with Gasteiger partial charge in [0, 0.05) is 10.9 Å². The Bertz CT molecular complexity index is 673. The number of aliphatic hydroxyl groups excluding tert-OH is 1. The number of rotatable bonds is 6. The number of hydrogen-bond donors (Lipinski definition) is 3. The number of aliphatic carboxylic acids is 1. The molecule has 0 unspecified atom stereocenters. The third kappa shape index (κ3) is 4.91. The van der Waals surface area contributed by atoms with Crippen LogP contribution in [0.3, 0.4) is 0 Å². The van der Waals surface area contributed by atoms with Gasteiger partial charge < -0.3 is 15.5 Å². The highest BCUT2D eigenvalue weighted by molar-refractivity contribution is 9.10. The second-order valence-electron chi connectivity index (χ2n) is 5.04. The van der Waals surface area contributed by atoms with Gasteiger partial charge >= 0.3 is 5.97 Å². The van der Waals surface area contributed by atoms with Crippen LogP contribution >= 0.6 is 15.9 Å². The minimum Gasteiger partial charge on any atom is -0.480 e. The number of hydrogen-bond acceptors (Lipinski definition) is 3. The molecule has 1 amide bonds. The summed E-state index contributed by atoms with van der Waals surface area (Å²) in [6, 6.07) is 14.4. The molecule has 0 bridgehead atoms. The van der Waals surface area contributed by atoms with Gasteiger partial charge in [-0.2, -0.15) is 0 Å². The molecule has 0 spiro atoms. The summed E-state index contributed by atoms with van der Waals surface area (Å²) < 4.78 is 0.886. The number of benzene rings is 2. The number of carbonyl (C=O) groups excluding carboxylic acids is 1. The zero-order chi connectivity index (χ0) is 16.8. The second-order valence-corrected chi connectivity index (χ2v) is 5.96. The average molecular weight is 378 g/mol. The molecular formula is C17H16BrNO4. The van der Waals surface area contributed by atoms with Crippen LogP contribution in [-0.2, 0) is 16.0 Å². The monoisotopic (exact) mass is 377 g/mol. The summed E-state index contributed by atoms with van der Waals surface area (Å²) in [5.41, 5.74) is 1.19. The van der Waals surface area contributed by atoms with E-state index in [1.54, 1.807) is 54.6 Å². The van der Waals surface area contributed by atoms with Crippen molar-refractivity contribution in [2.24, 2.45) is 0 Å². The van der Waals surface area contributed by atoms with Crippen molar-refractivity contribution in [1.82, 2.24) is 5.32 Å². The van der Waals surface area contributed by atoms with Crippen molar-refractivity contribution >= 4 is 27.8 Å². The van der Waals surface area contributed by atoms with Crippen molar-refractivity contribution in [2.45, 2.75) is 18.6 Å². The van der Waals surface area contributed by atoms with E-state index in [1.807, 2.05) is 0 Å². The number of amides is 1. The first-order valence-electron chi connectivity index (χ1n) is 6.98. The Balaban J connectivity index is 2.05. The maximum atomic E-state index is 12.1. The van der Waals surface area contributed by atoms with Gasteiger partial charge in [0.25, 0.3) is 5.91 Å². The molecule has 0 fully saturated rings. The van der Waals surface area contributed by atoms with Crippen molar-refractivity contribution in [3.8, 4) is 0 Å². The van der Waals surface area contributed by atoms with Crippen molar-refractivity contribution in [3.63, 3.8) is 0 Å². The topological polar surface area (TPSA) is 86.6 Å². The summed E-state index contributed by atoms with van der Waals surface area (Å²) in [6.07, 6.45) is -1.27. The van der Waals surface area contributed by atoms with Crippen LogP contribution in [0, 0.1) is 0 Å². The fourth-order valence-corrected chi connectivity index (χ4v) is 2.36. The molecule has 2 atom stereocenters. The number of nitrogens with one attached hydrogen (secondary N) is 1. The summed E-state index contributed by atoms with van der Waals surface area (Å²) in [6.45, 7) is 0. The van der Waals surface area contributed by atoms with Crippen LogP contribution < -0.4 is 5.32 Å². The van der Waals surface area contributed by atoms with Gasteiger partial charge in [-0.15, -0.1) is 0 Å². The molecule has 0 aliphatic heterocycles. The predicted octanol–water partition coefficient (Wildman–Crippen LogP) is 2.29. The van der Waals surface area contributed by atoms with Crippen LogP contribution in [0.25, 0.3) is 0 Å². The molecule has 0 aliphatic carbocycles. The number of carbonyl (C=O) groups is 2. The predicted molar refractivity (Wildman–Crippen MR) is 88.8 cm³/mol. The fraction of sp³-hybridized carbons (Fsp3) is 0.176. The standard InChI is InChI=1S/C17H16BrNO4/c18-13-8-6-11(7-9-13)10-14(17(22)23)19-16(21)15(20)12-4-2-1-3-5-12/h1-9,14-15,20H,10H2,(H,19,21)(H,22,23)/t14-,15+/m1/s1. The number of carboxylic acids is 1. The average Bonchev–Trinajstić information content (AvgIpc) is 2.56. The smallest absolute Gasteiger partial charge is 0.326 e. The van der Waals surface area contributed by atoms with Gasteiger partial charge in [0.05, 0.1) is 0 Å². The summed E-state index contributed by atoms with van der Waals surface area (Å²) in [5, 5.41) is 21.7. The molecule has 23 heavy (non-hydrogen) atoms. The SMILES string of the molecule is O=C(N[C@H](Cc1ccc(Br)cc1)C(=O)O)[C@@H](O)c1ccccc1. The molecule has 3 N–H and O–H groups in total. The Morgan fingerprint density at radius 1 is 1.04 bits per heavy atom. The van der Waals surface area contributed by atoms with E-state index in [1.165, 1.54) is 0 Å². The van der Waals surface area contributed by atoms with Crippen LogP contribution in [0.15, 0.2) is 59.1 Å². The Hall–Kier alpha value is -2.18. The minimum absolute atomic E-state index is 0.135. The molecule has 0 radical (unpaired) electrons. The van der Waals surface area contributed by atoms with Crippen LogP contribution in [0.5, 0.6) is 0 Å². The largest absolute Gasteiger partial charge is 0.480 e. The van der Waals surface area contributed by atoms with Gasteiger partial charge in [-0.25, -0.2) is 4.79 Å². The van der Waals surface area contributed by atoms with E-state index in [-0.39, 0.29) is 6.42 Å². The maximum Gasteiger partial charge on any atom is 0.326 e. The van der Waals surface area contributed by atoms with Gasteiger partial charge in [-0.3, -0.25) is 4.79 Å². The zero-order valence-electron chi connectivity index (χ0n) is 12.1. The molecule has 0 saturated heterocycles. The van der Waals surface area contributed by atoms with Crippen molar-refractivity contribution in [3.05, 3.63) is 70.2 Å². The van der Waals surface area contributed by atoms with Gasteiger partial charge in [0.1, 0.15) is 6.04 Å². The molecule has 0 aliphatic rings. The summed E-state index contributed by atoms with van der Waals surface area (Å²) in [5.74, 6) is -1.89. The second kappa shape index (κ2) is 7.89. The molecular weight excluding hydrogens is 362 g/mol. The molecule has 0 aromatic heterocycles. The Morgan fingerprint density at radius 2 is 1.65 bits per heavy atom. The molecule has 2 rings (SSSR count). The third-order valence-electron chi connectivity index (χ3n) is 3.33. The minimum atomic E-state index is -1.40. The Kier molecular flexibility index (Phi) is 5.90. The van der Waals surface area contributed by atoms with Crippen LogP contribution in [-0.4, -0.2) is 28.1 Å². The summed E-state index contributed by atoms with van der Waals surface area (Å²) in [7, 11) is 0. The van der Waals surface area contributed by atoms with E-state index in [2.05, 4.69) is 21.2 Å². The quantitative estimate of drug-likeness (QED) is 0.720. The molecule has 2 aromatic rings. The fourth-order valence-electron chi connectivity index (χ4n) is 2.09. The molecule has 0 heterocycles. The number of halogens is 1. The van der Waals surface area contributed by atoms with Crippen LogP contribution in [0.1, 0.15) is 17.2 Å². The van der Waals surface area contributed by atoms with Gasteiger partial charge in [0.2, 0.25) is 0 Å². The van der Waals surface area contributed by atoms with E-state index in [9.17, 15) is 19.8 Å². The molecule has 6 heteroatoms. The lowest BCUT2D eigenvalue weighted by Gasteiger charge is -2.17. The third-order valence-corrected chi connectivity index (χ3v) is 3.86. The highest BCUT2D eigenvalue weighted by atomic mass is 79.9. The first-order chi connectivity index (χ1) is 11.0. The first kappa shape index (κ1) is 17.2. The van der Waals surface area contributed by atoms with Gasteiger partial charge in [-0.1, -0.05) is 58.4 Å². The van der Waals surface area contributed by atoms with E-state index < -0.39 is 24.0 Å². The Labute approximate surface area is 142 Å². The van der Waals surface area contributed by atoms with Crippen molar-refractivity contribution in [2.75, 3.05) is 0 Å². The van der Waals surface area contributed by atoms with E-state index in [0.717, 1.165) is 10.0 Å². The number of carboxylic acid groups (broad SMARTS) is 1. The van der Waals surface area contributed by atoms with E-state index in [0.29, 0.717) is 5.56 Å². The van der Waals surface area contributed by atoms with Crippen molar-refractivity contribution < 1.29 is 19.8 Å². The highest BCUT2D eigenvalue weighted by Gasteiger charge is 2.25. The van der Waals surface area contributed by atoms with Gasteiger partial charge in [0.15, 0.2) is 6.10 Å². The first-order valence-corrected chi connectivity index (χ1v) is 7.77. The maximum absolute atomic E-state index is 12.1.